The summed E-state index contributed by atoms with van der Waals surface area (Å²) in [5.74, 6) is 0. The molecule has 0 radical (unpaired) electrons. The predicted molar refractivity (Wildman–Crippen MR) is 262 cm³/mol. The molecule has 2 aliphatic heterocycles. The van der Waals surface area contributed by atoms with Gasteiger partial charge in [-0.25, -0.2) is 0 Å². The highest BCUT2D eigenvalue weighted by Gasteiger charge is 2.47. The largest absolute Gasteiger partial charge is 0.119 e. The molecule has 13 rings (SSSR count). The van der Waals surface area contributed by atoms with Crippen LogP contribution in [0, 0.1) is 0 Å². The van der Waals surface area contributed by atoms with Gasteiger partial charge in [0.2, 0.25) is 0 Å². The molecule has 0 bridgehead atoms. The third-order valence-electron chi connectivity index (χ3n) is 15.8. The molecular formula is C60H48Si. The molecule has 0 amide bonds. The summed E-state index contributed by atoms with van der Waals surface area (Å²) in [5, 5.41) is 8.60. The van der Waals surface area contributed by atoms with Crippen LogP contribution in [-0.2, 0) is 10.8 Å². The first kappa shape index (κ1) is 35.5. The maximum Gasteiger partial charge on any atom is 0.119 e. The molecule has 1 saturated heterocycles. The third kappa shape index (κ3) is 4.71. The highest BCUT2D eigenvalue weighted by atomic mass is 28.3. The number of hydrogen-bond donors (Lipinski definition) is 0. The van der Waals surface area contributed by atoms with Crippen LogP contribution in [0.5, 0.6) is 0 Å². The van der Waals surface area contributed by atoms with E-state index in [9.17, 15) is 0 Å². The standard InChI is InChI=1S/C60H48Si/c1-59(2)51-20-10-7-15-41(51)43-27-23-38(35-53(43)59)37-24-29-48-50(33-37)58(40-25-28-44-42-16-8-11-21-52(42)60(3,4)54(44)36-40)47-19-6-5-18-46(47)57(48)39-26-30-56-49(34-39)45-17-9-12-22-55(45)61(56)31-13-14-32-61/h5-12,15-30,33-36H,13-14,31-32H2,1-4H3. The molecule has 0 atom stereocenters. The Hall–Kier alpha value is -6.28. The second kappa shape index (κ2) is 12.4. The first-order valence-electron chi connectivity index (χ1n) is 22.5. The Kier molecular flexibility index (Phi) is 7.21. The number of fused-ring (bicyclic) bond motifs is 13. The van der Waals surface area contributed by atoms with E-state index in [1.165, 1.54) is 135 Å². The van der Waals surface area contributed by atoms with Gasteiger partial charge in [-0.3, -0.25) is 0 Å². The summed E-state index contributed by atoms with van der Waals surface area (Å²) in [5.41, 5.74) is 21.7. The van der Waals surface area contributed by atoms with Crippen molar-refractivity contribution in [2.45, 2.75) is 63.5 Å². The summed E-state index contributed by atoms with van der Waals surface area (Å²) in [6.45, 7) is 9.57. The zero-order valence-corrected chi connectivity index (χ0v) is 36.5. The van der Waals surface area contributed by atoms with Crippen LogP contribution in [0.15, 0.2) is 170 Å². The summed E-state index contributed by atoms with van der Waals surface area (Å²) >= 11 is 0. The highest BCUT2D eigenvalue weighted by Crippen LogP contribution is 2.53. The molecule has 0 aromatic heterocycles. The molecule has 1 fully saturated rings. The molecule has 61 heavy (non-hydrogen) atoms. The van der Waals surface area contributed by atoms with E-state index in [1.54, 1.807) is 10.4 Å². The average molecular weight is 797 g/mol. The Morgan fingerprint density at radius 2 is 0.770 bits per heavy atom. The molecule has 1 spiro atoms. The van der Waals surface area contributed by atoms with E-state index in [2.05, 4.69) is 198 Å². The van der Waals surface area contributed by atoms with Crippen molar-refractivity contribution < 1.29 is 0 Å². The molecule has 9 aromatic carbocycles. The summed E-state index contributed by atoms with van der Waals surface area (Å²) < 4.78 is 0. The topological polar surface area (TPSA) is 0 Å². The van der Waals surface area contributed by atoms with Gasteiger partial charge in [0.05, 0.1) is 0 Å². The Morgan fingerprint density at radius 3 is 1.44 bits per heavy atom. The van der Waals surface area contributed by atoms with Crippen molar-refractivity contribution in [2.75, 3.05) is 0 Å². The third-order valence-corrected chi connectivity index (χ3v) is 21.2. The van der Waals surface area contributed by atoms with Crippen LogP contribution in [0.1, 0.15) is 62.8 Å². The molecule has 4 aliphatic rings. The zero-order chi connectivity index (χ0) is 40.8. The van der Waals surface area contributed by atoms with Crippen LogP contribution < -0.4 is 10.4 Å². The van der Waals surface area contributed by atoms with Gasteiger partial charge in [0.25, 0.3) is 0 Å². The lowest BCUT2D eigenvalue weighted by atomic mass is 9.80. The van der Waals surface area contributed by atoms with Gasteiger partial charge in [0.1, 0.15) is 8.07 Å². The van der Waals surface area contributed by atoms with Crippen LogP contribution >= 0.6 is 0 Å². The number of rotatable bonds is 3. The number of hydrogen-bond acceptors (Lipinski definition) is 0. The van der Waals surface area contributed by atoms with E-state index in [4.69, 9.17) is 0 Å². The smallest absolute Gasteiger partial charge is 0.0623 e. The molecule has 0 N–H and O–H groups in total. The summed E-state index contributed by atoms with van der Waals surface area (Å²) in [7, 11) is -1.72. The highest BCUT2D eigenvalue weighted by molar-refractivity contribution is 7.06. The second-order valence-electron chi connectivity index (χ2n) is 19.5. The van der Waals surface area contributed by atoms with Gasteiger partial charge >= 0.3 is 0 Å². The molecule has 0 nitrogen and oxygen atoms in total. The molecule has 9 aromatic rings. The van der Waals surface area contributed by atoms with E-state index in [0.29, 0.717) is 0 Å². The fraction of sp³-hybridized carbons (Fsp3) is 0.167. The van der Waals surface area contributed by atoms with Gasteiger partial charge in [-0.05, 0) is 157 Å². The van der Waals surface area contributed by atoms with Crippen LogP contribution in [0.2, 0.25) is 12.1 Å². The van der Waals surface area contributed by atoms with Crippen molar-refractivity contribution in [2.24, 2.45) is 0 Å². The predicted octanol–water partition coefficient (Wildman–Crippen LogP) is 14.9. The molecule has 0 saturated carbocycles. The van der Waals surface area contributed by atoms with E-state index >= 15 is 0 Å². The van der Waals surface area contributed by atoms with Gasteiger partial charge in [-0.2, -0.15) is 0 Å². The zero-order valence-electron chi connectivity index (χ0n) is 35.5. The van der Waals surface area contributed by atoms with Crippen molar-refractivity contribution in [3.63, 3.8) is 0 Å². The molecule has 292 valence electrons. The van der Waals surface area contributed by atoms with Gasteiger partial charge < -0.3 is 0 Å². The van der Waals surface area contributed by atoms with Crippen LogP contribution in [0.3, 0.4) is 0 Å². The molecule has 2 aliphatic carbocycles. The summed E-state index contributed by atoms with van der Waals surface area (Å²) in [6.07, 6.45) is 2.73. The Balaban J connectivity index is 1.07. The van der Waals surface area contributed by atoms with E-state index in [0.717, 1.165) is 0 Å². The maximum absolute atomic E-state index is 2.58. The normalized spacial score (nSPS) is 16.7. The van der Waals surface area contributed by atoms with E-state index in [-0.39, 0.29) is 10.8 Å². The molecule has 0 unspecified atom stereocenters. The van der Waals surface area contributed by atoms with E-state index in [1.807, 2.05) is 0 Å². The monoisotopic (exact) mass is 796 g/mol. The van der Waals surface area contributed by atoms with E-state index < -0.39 is 8.07 Å². The van der Waals surface area contributed by atoms with Gasteiger partial charge in [-0.1, -0.05) is 186 Å². The van der Waals surface area contributed by atoms with Crippen LogP contribution in [0.4, 0.5) is 0 Å². The Bertz CT molecular complexity index is 3370. The fourth-order valence-electron chi connectivity index (χ4n) is 12.9. The molecular weight excluding hydrogens is 749 g/mol. The second-order valence-corrected chi connectivity index (χ2v) is 23.8. The van der Waals surface area contributed by atoms with Gasteiger partial charge in [0.15, 0.2) is 0 Å². The van der Waals surface area contributed by atoms with Crippen molar-refractivity contribution in [1.29, 1.82) is 0 Å². The fourth-order valence-corrected chi connectivity index (χ4v) is 18.5. The quantitative estimate of drug-likeness (QED) is 0.123. The lowest BCUT2D eigenvalue weighted by molar-refractivity contribution is 0.660. The first-order chi connectivity index (χ1) is 29.7. The van der Waals surface area contributed by atoms with Gasteiger partial charge in [-0.15, -0.1) is 0 Å². The minimum Gasteiger partial charge on any atom is -0.0623 e. The SMILES string of the molecule is CC1(C)c2ccccc2-c2ccc(-c3ccc4c(-c5ccc6c(c5)-c5ccccc5[Si]65CCCC5)c5ccccc5c(-c5ccc6c(c5)C(C)(C)c5ccccc5-6)c4c3)cc21. The van der Waals surface area contributed by atoms with Gasteiger partial charge in [0, 0.05) is 10.8 Å². The summed E-state index contributed by atoms with van der Waals surface area (Å²) in [4.78, 5) is 0. The van der Waals surface area contributed by atoms with Crippen molar-refractivity contribution >= 4 is 40.0 Å². The molecule has 1 heteroatoms. The van der Waals surface area contributed by atoms with Crippen molar-refractivity contribution in [1.82, 2.24) is 0 Å². The van der Waals surface area contributed by atoms with Crippen molar-refractivity contribution in [3.05, 3.63) is 192 Å². The Morgan fingerprint density at radius 1 is 0.328 bits per heavy atom. The average Bonchev–Trinajstić information content (AvgIpc) is 4.02. The first-order valence-corrected chi connectivity index (χ1v) is 24.9. The van der Waals surface area contributed by atoms with Crippen LogP contribution in [-0.4, -0.2) is 8.07 Å². The maximum atomic E-state index is 2.58. The molecule has 2 heterocycles. The minimum atomic E-state index is -1.72. The van der Waals surface area contributed by atoms with Crippen molar-refractivity contribution in [3.8, 4) is 66.8 Å². The lowest BCUT2D eigenvalue weighted by Gasteiger charge is -2.24. The van der Waals surface area contributed by atoms with Crippen LogP contribution in [0.25, 0.3) is 88.3 Å². The Labute approximate surface area is 360 Å². The minimum absolute atomic E-state index is 0.0613. The lowest BCUT2D eigenvalue weighted by Crippen LogP contribution is -2.52. The number of benzene rings is 9. The summed E-state index contributed by atoms with van der Waals surface area (Å²) in [6, 6.07) is 69.0.